The number of aromatic nitrogens is 3. The maximum absolute atomic E-state index is 14.5. The zero-order valence-corrected chi connectivity index (χ0v) is 16.4. The number of likely N-dealkylation sites (N-methyl/N-ethyl adjacent to an activating group) is 1. The Morgan fingerprint density at radius 3 is 2.59 bits per heavy atom. The molecule has 0 spiro atoms. The number of carbonyl (C=O) groups excluding carboxylic acids is 1. The Kier molecular flexibility index (Phi) is 4.87. The van der Waals surface area contributed by atoms with Gasteiger partial charge in [0.2, 0.25) is 5.91 Å². The van der Waals surface area contributed by atoms with Gasteiger partial charge in [0.1, 0.15) is 24.0 Å². The molecule has 0 unspecified atom stereocenters. The second kappa shape index (κ2) is 7.36. The highest BCUT2D eigenvalue weighted by Gasteiger charge is 2.27. The van der Waals surface area contributed by atoms with E-state index in [1.807, 2.05) is 0 Å². The Bertz CT molecular complexity index is 1140. The van der Waals surface area contributed by atoms with Crippen LogP contribution in [0.2, 0.25) is 5.02 Å². The molecule has 0 aliphatic carbocycles. The third-order valence-electron chi connectivity index (χ3n) is 4.64. The maximum Gasteiger partial charge on any atom is 0.229 e. The molecule has 3 aromatic rings. The smallest absolute Gasteiger partial charge is 0.229 e. The number of nitrogens with zero attached hydrogens (tertiary/aromatic N) is 5. The van der Waals surface area contributed by atoms with Crippen molar-refractivity contribution in [3.8, 4) is 5.69 Å². The van der Waals surface area contributed by atoms with Gasteiger partial charge in [-0.25, -0.2) is 8.78 Å². The first kappa shape index (κ1) is 19.2. The number of benzene rings is 2. The van der Waals surface area contributed by atoms with Crippen molar-refractivity contribution in [3.05, 3.63) is 75.8 Å². The predicted octanol–water partition coefficient (Wildman–Crippen LogP) is 3.18. The minimum atomic E-state index is -0.727. The molecule has 1 amide bonds. The summed E-state index contributed by atoms with van der Waals surface area (Å²) in [6, 6.07) is 8.60. The van der Waals surface area contributed by atoms with E-state index in [0.29, 0.717) is 27.9 Å². The molecule has 148 valence electrons. The summed E-state index contributed by atoms with van der Waals surface area (Å²) in [7, 11) is 3.30. The number of halogens is 3. The molecule has 0 fully saturated rings. The van der Waals surface area contributed by atoms with E-state index in [1.165, 1.54) is 23.1 Å². The summed E-state index contributed by atoms with van der Waals surface area (Å²) in [6.07, 6.45) is 0.0193. The van der Waals surface area contributed by atoms with Crippen molar-refractivity contribution >= 4 is 23.2 Å². The normalized spacial score (nSPS) is 12.7. The Morgan fingerprint density at radius 1 is 1.17 bits per heavy atom. The third-order valence-corrected chi connectivity index (χ3v) is 4.87. The molecule has 2 heterocycles. The van der Waals surface area contributed by atoms with Crippen LogP contribution in [0.15, 0.2) is 41.4 Å². The Hall–Kier alpha value is -3.13. The highest BCUT2D eigenvalue weighted by Crippen LogP contribution is 2.30. The standard InChI is InChI=1S/C20H16ClF2N5O/c1-27(2)18(29)9-16-25-26-17-10-24-20(19-13(22)4-3-5-14(19)23)12-8-11(21)6-7-15(12)28(16)17/h3-8H,9-10H2,1-2H3. The molecular formula is C20H16ClF2N5O. The van der Waals surface area contributed by atoms with Gasteiger partial charge in [-0.2, -0.15) is 0 Å². The maximum atomic E-state index is 14.5. The molecule has 4 rings (SSSR count). The fourth-order valence-electron chi connectivity index (χ4n) is 3.21. The van der Waals surface area contributed by atoms with Crippen LogP contribution in [0.25, 0.3) is 5.69 Å². The molecule has 0 bridgehead atoms. The summed E-state index contributed by atoms with van der Waals surface area (Å²) >= 11 is 6.19. The first-order valence-electron chi connectivity index (χ1n) is 8.79. The van der Waals surface area contributed by atoms with Crippen molar-refractivity contribution in [2.45, 2.75) is 13.0 Å². The number of amides is 1. The number of hydrogen-bond donors (Lipinski definition) is 0. The minimum absolute atomic E-state index is 0.0193. The number of hydrogen-bond acceptors (Lipinski definition) is 4. The minimum Gasteiger partial charge on any atom is -0.348 e. The fraction of sp³-hybridized carbons (Fsp3) is 0.200. The first-order chi connectivity index (χ1) is 13.9. The lowest BCUT2D eigenvalue weighted by Crippen LogP contribution is -2.25. The van der Waals surface area contributed by atoms with Crippen LogP contribution in [0.4, 0.5) is 8.78 Å². The summed E-state index contributed by atoms with van der Waals surface area (Å²) in [6.45, 7) is 0.0402. The van der Waals surface area contributed by atoms with E-state index >= 15 is 0 Å². The van der Waals surface area contributed by atoms with Crippen LogP contribution < -0.4 is 0 Å². The van der Waals surface area contributed by atoms with Crippen LogP contribution >= 0.6 is 11.6 Å². The lowest BCUT2D eigenvalue weighted by atomic mass is 9.99. The number of fused-ring (bicyclic) bond motifs is 3. The third kappa shape index (κ3) is 3.40. The summed E-state index contributed by atoms with van der Waals surface area (Å²) < 4.78 is 30.7. The van der Waals surface area contributed by atoms with Gasteiger partial charge in [-0.15, -0.1) is 10.2 Å². The zero-order valence-electron chi connectivity index (χ0n) is 15.7. The topological polar surface area (TPSA) is 63.4 Å². The largest absolute Gasteiger partial charge is 0.348 e. The molecule has 0 radical (unpaired) electrons. The molecule has 2 aromatic carbocycles. The Labute approximate surface area is 170 Å². The van der Waals surface area contributed by atoms with Crippen LogP contribution in [-0.2, 0) is 17.8 Å². The van der Waals surface area contributed by atoms with E-state index in [4.69, 9.17) is 11.6 Å². The highest BCUT2D eigenvalue weighted by atomic mass is 35.5. The zero-order chi connectivity index (χ0) is 20.7. The molecule has 6 nitrogen and oxygen atoms in total. The quantitative estimate of drug-likeness (QED) is 0.660. The van der Waals surface area contributed by atoms with Gasteiger partial charge < -0.3 is 4.90 Å². The van der Waals surface area contributed by atoms with Crippen molar-refractivity contribution in [1.82, 2.24) is 19.7 Å². The molecular weight excluding hydrogens is 400 g/mol. The van der Waals surface area contributed by atoms with Gasteiger partial charge in [0.15, 0.2) is 5.82 Å². The molecule has 0 saturated heterocycles. The highest BCUT2D eigenvalue weighted by molar-refractivity contribution is 6.31. The summed E-state index contributed by atoms with van der Waals surface area (Å²) in [5.74, 6) is -0.735. The molecule has 0 saturated carbocycles. The van der Waals surface area contributed by atoms with E-state index in [2.05, 4.69) is 15.2 Å². The lowest BCUT2D eigenvalue weighted by Gasteiger charge is -2.15. The number of rotatable bonds is 3. The van der Waals surface area contributed by atoms with Gasteiger partial charge >= 0.3 is 0 Å². The summed E-state index contributed by atoms with van der Waals surface area (Å²) in [5, 5.41) is 8.65. The van der Waals surface area contributed by atoms with Crippen molar-refractivity contribution in [3.63, 3.8) is 0 Å². The van der Waals surface area contributed by atoms with E-state index in [-0.39, 0.29) is 30.1 Å². The van der Waals surface area contributed by atoms with Crippen LogP contribution in [-0.4, -0.2) is 45.4 Å². The van der Waals surface area contributed by atoms with Gasteiger partial charge in [-0.3, -0.25) is 14.4 Å². The SMILES string of the molecule is CN(C)C(=O)Cc1nnc2n1-c1ccc(Cl)cc1C(c1c(F)cccc1F)=NC2. The number of aliphatic imine (C=N–C) groups is 1. The average Bonchev–Trinajstić information content (AvgIpc) is 2.98. The monoisotopic (exact) mass is 415 g/mol. The van der Waals surface area contributed by atoms with Crippen molar-refractivity contribution in [2.75, 3.05) is 14.1 Å². The average molecular weight is 416 g/mol. The summed E-state index contributed by atoms with van der Waals surface area (Å²) in [4.78, 5) is 18.1. The van der Waals surface area contributed by atoms with Crippen LogP contribution in [0.5, 0.6) is 0 Å². The van der Waals surface area contributed by atoms with E-state index in [1.54, 1.807) is 36.9 Å². The van der Waals surface area contributed by atoms with E-state index < -0.39 is 11.6 Å². The van der Waals surface area contributed by atoms with Gasteiger partial charge in [-0.05, 0) is 30.3 Å². The Balaban J connectivity index is 1.93. The molecule has 9 heteroatoms. The van der Waals surface area contributed by atoms with Crippen LogP contribution in [0.1, 0.15) is 22.8 Å². The Morgan fingerprint density at radius 2 is 1.90 bits per heavy atom. The second-order valence-electron chi connectivity index (χ2n) is 6.76. The first-order valence-corrected chi connectivity index (χ1v) is 9.17. The molecule has 1 aliphatic heterocycles. The molecule has 0 atom stereocenters. The van der Waals surface area contributed by atoms with Crippen molar-refractivity contribution in [2.24, 2.45) is 4.99 Å². The predicted molar refractivity (Wildman–Crippen MR) is 104 cm³/mol. The van der Waals surface area contributed by atoms with Gasteiger partial charge in [-0.1, -0.05) is 17.7 Å². The van der Waals surface area contributed by atoms with Crippen LogP contribution in [0, 0.1) is 11.6 Å². The molecule has 29 heavy (non-hydrogen) atoms. The van der Waals surface area contributed by atoms with Crippen molar-refractivity contribution < 1.29 is 13.6 Å². The lowest BCUT2D eigenvalue weighted by molar-refractivity contribution is -0.128. The van der Waals surface area contributed by atoms with Gasteiger partial charge in [0.25, 0.3) is 0 Å². The summed E-state index contributed by atoms with van der Waals surface area (Å²) in [5.41, 5.74) is 0.877. The number of carbonyl (C=O) groups is 1. The van der Waals surface area contributed by atoms with Crippen LogP contribution in [0.3, 0.4) is 0 Å². The molecule has 1 aromatic heterocycles. The van der Waals surface area contributed by atoms with Gasteiger partial charge in [0, 0.05) is 24.7 Å². The van der Waals surface area contributed by atoms with E-state index in [9.17, 15) is 13.6 Å². The molecule has 1 aliphatic rings. The molecule has 0 N–H and O–H groups in total. The second-order valence-corrected chi connectivity index (χ2v) is 7.19. The van der Waals surface area contributed by atoms with E-state index in [0.717, 1.165) is 0 Å². The fourth-order valence-corrected chi connectivity index (χ4v) is 3.38. The van der Waals surface area contributed by atoms with Gasteiger partial charge in [0.05, 0.1) is 23.4 Å². The van der Waals surface area contributed by atoms with Crippen molar-refractivity contribution in [1.29, 1.82) is 0 Å².